The average molecular weight is 1680 g/mol. The molecule has 14 rings (SSSR count). The summed E-state index contributed by atoms with van der Waals surface area (Å²) in [6.07, 6.45) is 8.52. The van der Waals surface area contributed by atoms with Crippen LogP contribution in [0.15, 0.2) is 207 Å². The Hall–Kier alpha value is -17.1. The molecule has 6 aromatic heterocycles. The summed E-state index contributed by atoms with van der Waals surface area (Å²) in [6, 6.07) is 72.7. The van der Waals surface area contributed by atoms with E-state index in [4.69, 9.17) is 45.7 Å². The van der Waals surface area contributed by atoms with Gasteiger partial charge in [-0.1, -0.05) is 127 Å². The molecule has 12 nitrogen and oxygen atoms in total. The first-order chi connectivity index (χ1) is 56.4. The Labute approximate surface area is 705 Å². The summed E-state index contributed by atoms with van der Waals surface area (Å²) in [5.41, 5.74) is 14.1. The van der Waals surface area contributed by atoms with Crippen molar-refractivity contribution in [2.75, 3.05) is 0 Å². The van der Waals surface area contributed by atoms with Gasteiger partial charge in [0.25, 0.3) is 11.9 Å². The number of carbonyl (C=O) groups is 2. The number of terminal acetylenes is 1. The topological polar surface area (TPSA) is 153 Å². The summed E-state index contributed by atoms with van der Waals surface area (Å²) < 4.78 is 17.2. The van der Waals surface area contributed by atoms with Gasteiger partial charge in [-0.15, -0.1) is 29.7 Å². The zero-order chi connectivity index (χ0) is 80.6. The number of aromatic nitrogens is 6. The van der Waals surface area contributed by atoms with Crippen molar-refractivity contribution in [2.45, 2.75) is 34.6 Å². The van der Waals surface area contributed by atoms with Crippen LogP contribution in [0.4, 0.5) is 0 Å². The number of hydrogen-bond donors (Lipinski definition) is 2. The smallest absolute Gasteiger partial charge is 0.497 e. The van der Waals surface area contributed by atoms with Crippen LogP contribution in [-0.2, 0) is 50.4 Å². The molecule has 0 saturated heterocycles. The molecule has 8 aromatic carbocycles. The van der Waals surface area contributed by atoms with E-state index in [1.54, 1.807) is 13.1 Å². The monoisotopic (exact) mass is 1680 g/mol. The van der Waals surface area contributed by atoms with Gasteiger partial charge >= 0.3 is 20.4 Å². The number of benzene rings is 8. The molecule has 0 spiro atoms. The third-order valence-electron chi connectivity index (χ3n) is 15.0. The third kappa shape index (κ3) is 25.5. The number of imidazole rings is 2. The Bertz CT molecular complexity index is 7220. The zero-order valence-corrected chi connectivity index (χ0v) is 65.7. The van der Waals surface area contributed by atoms with Crippen LogP contribution in [-0.4, -0.2) is 50.9 Å². The number of carboxylic acids is 2. The van der Waals surface area contributed by atoms with Crippen LogP contribution in [0.25, 0.3) is 99.2 Å². The summed E-state index contributed by atoms with van der Waals surface area (Å²) in [5.74, 6) is 88.0. The maximum absolute atomic E-state index is 9.00. The molecule has 0 atom stereocenters. The number of aliphatic carboxylic acids is 2. The van der Waals surface area contributed by atoms with Crippen molar-refractivity contribution in [3.05, 3.63) is 230 Å². The van der Waals surface area contributed by atoms with Crippen LogP contribution in [0.5, 0.6) is 23.0 Å². The molecule has 6 heterocycles. The van der Waals surface area contributed by atoms with Crippen LogP contribution in [0, 0.1) is 240 Å². The first-order valence-corrected chi connectivity index (χ1v) is 34.3. The quantitative estimate of drug-likeness (QED) is 0.0712. The van der Waals surface area contributed by atoms with Crippen LogP contribution >= 0.6 is 0 Å². The van der Waals surface area contributed by atoms with Crippen LogP contribution in [0.2, 0.25) is 0 Å². The Morgan fingerprint density at radius 1 is 0.376 bits per heavy atom. The van der Waals surface area contributed by atoms with E-state index >= 15 is 0 Å². The fraction of sp³-hybridized carbons (Fsp3) is 0.0485. The first-order valence-electron chi connectivity index (χ1n) is 34.3. The standard InChI is InChI=1S/C37H4.C31H21N3O.C31H19N3O.2C2H4O2.2Pd/c1-3-5-7-9-11-13-15-17-19-21-23-25-27-29-31-33-35-37-36-34-32-30-28-26-24-22-20-18-16-14-12-10-8-6-4-2;2*1-20-16-21(27-9-6-7-15-32-27)18-23(17-20)35-22-13-14-24-25-8-2-4-11-29(25)34-30-12-5-3-10-28(30)33-31(34)26(24)19-22;2*1-2(3)4;;/h1H,2H3;2-19H,1H3;2-17H,1H3;2*1H3,(H,3,4);;/q;;-2;;;;+2. The number of carboxylic acid groups (broad SMARTS) is 2. The maximum atomic E-state index is 9.00. The molecular weight excluding hydrogens is 1630 g/mol. The van der Waals surface area contributed by atoms with Crippen LogP contribution < -0.4 is 9.47 Å². The van der Waals surface area contributed by atoms with Gasteiger partial charge in [-0.2, -0.15) is 0 Å². The van der Waals surface area contributed by atoms with Gasteiger partial charge in [0, 0.05) is 187 Å². The Balaban J connectivity index is 0.000000207. The summed E-state index contributed by atoms with van der Waals surface area (Å²) in [6.45, 7) is 7.98. The largest absolute Gasteiger partial charge is 2.00 e. The van der Waals surface area contributed by atoms with Gasteiger partial charge in [-0.05, 0) is 222 Å². The number of fused-ring (bicyclic) bond motifs is 16. The molecule has 0 aliphatic heterocycles. The van der Waals surface area contributed by atoms with Crippen molar-refractivity contribution >= 4 is 88.7 Å². The number of hydrogen-bond acceptors (Lipinski definition) is 8. The SMILES string of the molecule is C#CC#CC#CC#CC#CC#CC#CC#CC#CC#CC#CC#CC#CC#CC#CC#CC#CC#CC.CC(=O)O.CC(=O)O.Cc1cc(Oc2[c-]c3c(cc2)c2ccccc2n2c4ccccc4nc32)[c-]c(-c2ccccn2)c1.Cc1cc(Oc2ccc3c4ccccc4n4c5ccccc5nc4c3c2)cc(-c2ccccn2)c1.[Pd+2].[Pd]. The van der Waals surface area contributed by atoms with Gasteiger partial charge in [-0.25, -0.2) is 4.98 Å². The fourth-order valence-electron chi connectivity index (χ4n) is 10.8. The number of rotatable bonds is 6. The van der Waals surface area contributed by atoms with Crippen LogP contribution in [0.3, 0.4) is 0 Å². The predicted octanol–water partition coefficient (Wildman–Crippen LogP) is 16.4. The second-order valence-electron chi connectivity index (χ2n) is 23.0. The van der Waals surface area contributed by atoms with E-state index < -0.39 is 11.9 Å². The molecule has 117 heavy (non-hydrogen) atoms. The Morgan fingerprint density at radius 2 is 0.778 bits per heavy atom. The summed E-state index contributed by atoms with van der Waals surface area (Å²) in [7, 11) is 0. The van der Waals surface area contributed by atoms with Gasteiger partial charge in [-0.3, -0.25) is 24.0 Å². The van der Waals surface area contributed by atoms with Gasteiger partial charge in [0.1, 0.15) is 17.1 Å². The minimum Gasteiger partial charge on any atom is -0.497 e. The van der Waals surface area contributed by atoms with Crippen molar-refractivity contribution in [2.24, 2.45) is 0 Å². The second-order valence-corrected chi connectivity index (χ2v) is 23.0. The molecule has 14 aromatic rings. The molecule has 0 unspecified atom stereocenters. The van der Waals surface area contributed by atoms with Crippen molar-refractivity contribution in [3.63, 3.8) is 0 Å². The summed E-state index contributed by atoms with van der Waals surface area (Å²) in [4.78, 5) is 36.9. The molecule has 0 amide bonds. The molecule has 0 bridgehead atoms. The van der Waals surface area contributed by atoms with E-state index in [1.807, 2.05) is 98.0 Å². The Morgan fingerprint density at radius 3 is 1.25 bits per heavy atom. The third-order valence-corrected chi connectivity index (χ3v) is 15.0. The molecule has 14 heteroatoms. The second kappa shape index (κ2) is 45.8. The molecule has 0 saturated carbocycles. The van der Waals surface area contributed by atoms with E-state index in [9.17, 15) is 0 Å². The minimum atomic E-state index is -0.833. The maximum Gasteiger partial charge on any atom is 2.00 e. The van der Waals surface area contributed by atoms with Crippen molar-refractivity contribution in [3.8, 4) is 259 Å². The zero-order valence-electron chi connectivity index (χ0n) is 62.6. The van der Waals surface area contributed by atoms with E-state index in [1.165, 1.54) is 5.39 Å². The van der Waals surface area contributed by atoms with E-state index in [-0.39, 0.29) is 40.8 Å². The molecule has 0 fully saturated rings. The van der Waals surface area contributed by atoms with Crippen LogP contribution in [0.1, 0.15) is 31.9 Å². The van der Waals surface area contributed by atoms with Crippen molar-refractivity contribution < 1.29 is 70.1 Å². The normalized spacial score (nSPS) is 8.58. The minimum absolute atomic E-state index is 0. The average Bonchev–Trinajstić information content (AvgIpc) is 1.62. The molecule has 0 aliphatic rings. The molecular formula is C103H52N6O6Pd2. The summed E-state index contributed by atoms with van der Waals surface area (Å²) in [5, 5.41) is 21.4. The molecule has 0 aliphatic carbocycles. The number of pyridine rings is 4. The van der Waals surface area contributed by atoms with E-state index in [0.29, 0.717) is 11.5 Å². The molecule has 0 radical (unpaired) electrons. The number of para-hydroxylation sites is 6. The van der Waals surface area contributed by atoms with E-state index in [0.717, 1.165) is 130 Å². The predicted molar refractivity (Wildman–Crippen MR) is 455 cm³/mol. The van der Waals surface area contributed by atoms with Gasteiger partial charge in [0.05, 0.1) is 38.9 Å². The summed E-state index contributed by atoms with van der Waals surface area (Å²) >= 11 is 0. The number of aryl methyl sites for hydroxylation is 2. The molecule has 2 N–H and O–H groups in total. The first kappa shape index (κ1) is 85.6. The van der Waals surface area contributed by atoms with Gasteiger partial charge in [0.15, 0.2) is 0 Å². The van der Waals surface area contributed by atoms with Gasteiger partial charge in [0.2, 0.25) is 0 Å². The number of ether oxygens (including phenoxy) is 2. The molecule has 550 valence electrons. The van der Waals surface area contributed by atoms with Gasteiger partial charge < -0.3 is 29.1 Å². The van der Waals surface area contributed by atoms with Crippen molar-refractivity contribution in [1.82, 2.24) is 28.7 Å². The fourth-order valence-corrected chi connectivity index (χ4v) is 10.8. The number of nitrogens with zero attached hydrogens (tertiary/aromatic N) is 6. The van der Waals surface area contributed by atoms with E-state index in [2.05, 4.69) is 354 Å². The van der Waals surface area contributed by atoms with Crippen molar-refractivity contribution in [1.29, 1.82) is 0 Å². The Kier molecular flexibility index (Phi) is 33.5.